The van der Waals surface area contributed by atoms with Crippen molar-refractivity contribution in [2.75, 3.05) is 13.2 Å². The Bertz CT molecular complexity index is 1850. The molecule has 7 rings (SSSR count). The Morgan fingerprint density at radius 1 is 0.577 bits per heavy atom. The van der Waals surface area contributed by atoms with Gasteiger partial charge < -0.3 is 8.85 Å². The fraction of sp³-hybridized carbons (Fsp3) is 0.304. The topological polar surface area (TPSA) is 21.7 Å². The molecule has 0 amide bonds. The van der Waals surface area contributed by atoms with E-state index in [4.69, 9.17) is 8.85 Å². The Morgan fingerprint density at radius 2 is 0.981 bits per heavy atom. The van der Waals surface area contributed by atoms with E-state index in [-0.39, 0.29) is 28.3 Å². The van der Waals surface area contributed by atoms with Crippen LogP contribution in [0.15, 0.2) is 168 Å². The SMILES string of the molecule is CC(C)(C)[Si](OC[C@@H]1C=C(Sc2ccccc2)[C@H]2[C@H](O[Si](c3ccccc3)(c3ccccc3)C(C)(C)C)CCN12)(c1ccccc1)c1ccccc1. The molecule has 5 aromatic rings. The van der Waals surface area contributed by atoms with Gasteiger partial charge in [-0.1, -0.05) is 199 Å². The summed E-state index contributed by atoms with van der Waals surface area (Å²) in [7, 11) is -5.48. The zero-order chi connectivity index (χ0) is 36.4. The molecule has 2 aliphatic heterocycles. The summed E-state index contributed by atoms with van der Waals surface area (Å²) in [5, 5.41) is 5.12. The predicted molar refractivity (Wildman–Crippen MR) is 225 cm³/mol. The van der Waals surface area contributed by atoms with Crippen LogP contribution in [0.2, 0.25) is 10.1 Å². The molecule has 6 heteroatoms. The van der Waals surface area contributed by atoms with Gasteiger partial charge in [-0.05, 0) is 49.4 Å². The van der Waals surface area contributed by atoms with Gasteiger partial charge >= 0.3 is 0 Å². The number of nitrogens with zero attached hydrogens (tertiary/aromatic N) is 1. The Morgan fingerprint density at radius 3 is 1.40 bits per heavy atom. The Labute approximate surface area is 318 Å². The van der Waals surface area contributed by atoms with Crippen LogP contribution in [0.4, 0.5) is 0 Å². The van der Waals surface area contributed by atoms with E-state index in [0.29, 0.717) is 6.61 Å². The first-order chi connectivity index (χ1) is 25.0. The minimum Gasteiger partial charge on any atom is -0.405 e. The summed E-state index contributed by atoms with van der Waals surface area (Å²) >= 11 is 1.90. The molecule has 0 unspecified atom stereocenters. The van der Waals surface area contributed by atoms with Gasteiger partial charge in [-0.25, -0.2) is 0 Å². The standard InChI is InChI=1S/C46H53NO2SSi2/c1-45(2,3)51(38-24-14-8-15-25-38,39-26-16-9-17-27-39)48-35-36-34-43(50-37-22-12-7-13-23-37)44-42(32-33-47(36)44)49-52(46(4,5)6,40-28-18-10-19-29-40)41-30-20-11-21-31-41/h7-31,34,36,42,44H,32-33,35H2,1-6H3/t36-,42+,44+/m0/s1. The minimum absolute atomic E-state index is 0.0478. The molecule has 1 fully saturated rings. The van der Waals surface area contributed by atoms with E-state index >= 15 is 0 Å². The molecular weight excluding hydrogens is 687 g/mol. The van der Waals surface area contributed by atoms with Crippen LogP contribution in [0.1, 0.15) is 48.0 Å². The van der Waals surface area contributed by atoms with Crippen molar-refractivity contribution in [3.8, 4) is 0 Å². The van der Waals surface area contributed by atoms with Crippen LogP contribution >= 0.6 is 11.8 Å². The Balaban J connectivity index is 1.28. The van der Waals surface area contributed by atoms with E-state index in [1.165, 1.54) is 30.5 Å². The van der Waals surface area contributed by atoms with Crippen LogP contribution in [0, 0.1) is 0 Å². The summed E-state index contributed by atoms with van der Waals surface area (Å²) in [5.74, 6) is 0. The molecule has 1 saturated heterocycles. The molecule has 0 N–H and O–H groups in total. The first-order valence-corrected chi connectivity index (χ1v) is 23.4. The van der Waals surface area contributed by atoms with Gasteiger partial charge in [-0.15, -0.1) is 0 Å². The molecule has 3 nitrogen and oxygen atoms in total. The Hall–Kier alpha value is -3.50. The van der Waals surface area contributed by atoms with Crippen molar-refractivity contribution in [2.24, 2.45) is 0 Å². The number of hydrogen-bond acceptors (Lipinski definition) is 4. The molecule has 0 aliphatic carbocycles. The second-order valence-electron chi connectivity index (χ2n) is 16.3. The van der Waals surface area contributed by atoms with Gasteiger partial charge in [0.2, 0.25) is 0 Å². The van der Waals surface area contributed by atoms with Crippen molar-refractivity contribution in [3.05, 3.63) is 163 Å². The smallest absolute Gasteiger partial charge is 0.261 e. The lowest BCUT2D eigenvalue weighted by Crippen LogP contribution is -2.68. The van der Waals surface area contributed by atoms with Crippen LogP contribution < -0.4 is 20.7 Å². The van der Waals surface area contributed by atoms with E-state index in [0.717, 1.165) is 13.0 Å². The summed E-state index contributed by atoms with van der Waals surface area (Å²) in [6, 6.07) is 55.4. The maximum Gasteiger partial charge on any atom is 0.261 e. The van der Waals surface area contributed by atoms with Crippen molar-refractivity contribution < 1.29 is 8.85 Å². The summed E-state index contributed by atoms with van der Waals surface area (Å²) < 4.78 is 15.5. The fourth-order valence-electron chi connectivity index (χ4n) is 8.77. The summed E-state index contributed by atoms with van der Waals surface area (Å²) in [6.45, 7) is 15.9. The normalized spacial score (nSPS) is 19.7. The van der Waals surface area contributed by atoms with E-state index < -0.39 is 16.6 Å². The average molecular weight is 740 g/mol. The molecule has 2 heterocycles. The van der Waals surface area contributed by atoms with Gasteiger partial charge in [0.15, 0.2) is 0 Å². The number of fused-ring (bicyclic) bond motifs is 1. The van der Waals surface area contributed by atoms with Crippen molar-refractivity contribution >= 4 is 49.1 Å². The lowest BCUT2D eigenvalue weighted by atomic mass is 10.2. The highest BCUT2D eigenvalue weighted by atomic mass is 32.2. The second kappa shape index (κ2) is 15.1. The molecular formula is C46H53NO2SSi2. The first-order valence-electron chi connectivity index (χ1n) is 18.8. The molecule has 0 bridgehead atoms. The highest BCUT2D eigenvalue weighted by Crippen LogP contribution is 2.46. The van der Waals surface area contributed by atoms with Gasteiger partial charge in [0, 0.05) is 16.3 Å². The number of hydrogen-bond donors (Lipinski definition) is 0. The van der Waals surface area contributed by atoms with E-state index in [1.54, 1.807) is 0 Å². The van der Waals surface area contributed by atoms with Gasteiger partial charge in [-0.3, -0.25) is 4.90 Å². The maximum absolute atomic E-state index is 7.92. The number of rotatable bonds is 11. The van der Waals surface area contributed by atoms with E-state index in [2.05, 4.69) is 204 Å². The van der Waals surface area contributed by atoms with Gasteiger partial charge in [0.25, 0.3) is 16.6 Å². The van der Waals surface area contributed by atoms with Gasteiger partial charge in [0.05, 0.1) is 24.8 Å². The van der Waals surface area contributed by atoms with Crippen molar-refractivity contribution in [1.82, 2.24) is 4.90 Å². The molecule has 3 atom stereocenters. The molecule has 0 aromatic heterocycles. The molecule has 5 aromatic carbocycles. The zero-order valence-corrected chi connectivity index (χ0v) is 34.4. The molecule has 2 aliphatic rings. The van der Waals surface area contributed by atoms with Crippen LogP contribution in [0.3, 0.4) is 0 Å². The lowest BCUT2D eigenvalue weighted by Gasteiger charge is -2.46. The Kier molecular flexibility index (Phi) is 10.7. The van der Waals surface area contributed by atoms with Crippen LogP contribution in [-0.4, -0.2) is 52.9 Å². The second-order valence-corrected chi connectivity index (χ2v) is 26.0. The summed E-state index contributed by atoms with van der Waals surface area (Å²) in [6.07, 6.45) is 3.55. The summed E-state index contributed by atoms with van der Waals surface area (Å²) in [5.41, 5.74) is 0. The van der Waals surface area contributed by atoms with E-state index in [9.17, 15) is 0 Å². The monoisotopic (exact) mass is 739 g/mol. The van der Waals surface area contributed by atoms with Gasteiger partial charge in [-0.2, -0.15) is 0 Å². The number of thioether (sulfide) groups is 1. The third-order valence-corrected chi connectivity index (χ3v) is 22.3. The van der Waals surface area contributed by atoms with Crippen LogP contribution in [-0.2, 0) is 8.85 Å². The van der Waals surface area contributed by atoms with Crippen molar-refractivity contribution in [1.29, 1.82) is 0 Å². The van der Waals surface area contributed by atoms with Crippen LogP contribution in [0.5, 0.6) is 0 Å². The predicted octanol–water partition coefficient (Wildman–Crippen LogP) is 8.64. The minimum atomic E-state index is -2.77. The number of benzene rings is 5. The van der Waals surface area contributed by atoms with Gasteiger partial charge in [0.1, 0.15) is 0 Å². The highest BCUT2D eigenvalue weighted by Gasteiger charge is 2.56. The fourth-order valence-corrected chi connectivity index (χ4v) is 19.3. The lowest BCUT2D eigenvalue weighted by molar-refractivity contribution is 0.129. The molecule has 0 radical (unpaired) electrons. The molecule has 0 saturated carbocycles. The molecule has 0 spiro atoms. The third kappa shape index (κ3) is 6.86. The maximum atomic E-state index is 7.92. The zero-order valence-electron chi connectivity index (χ0n) is 31.5. The average Bonchev–Trinajstić information content (AvgIpc) is 3.72. The highest BCUT2D eigenvalue weighted by molar-refractivity contribution is 8.03. The molecule has 52 heavy (non-hydrogen) atoms. The largest absolute Gasteiger partial charge is 0.405 e. The van der Waals surface area contributed by atoms with E-state index in [1.807, 2.05) is 11.8 Å². The van der Waals surface area contributed by atoms with Crippen molar-refractivity contribution in [3.63, 3.8) is 0 Å². The third-order valence-electron chi connectivity index (χ3n) is 11.1. The van der Waals surface area contributed by atoms with Crippen LogP contribution in [0.25, 0.3) is 0 Å². The van der Waals surface area contributed by atoms with Crippen molar-refractivity contribution in [2.45, 2.75) is 81.1 Å². The quantitative estimate of drug-likeness (QED) is 0.127. The summed E-state index contributed by atoms with van der Waals surface area (Å²) in [4.78, 5) is 5.34. The first kappa shape index (κ1) is 36.8. The molecule has 268 valence electrons.